The van der Waals surface area contributed by atoms with Crippen LogP contribution in [0.4, 0.5) is 5.69 Å². The van der Waals surface area contributed by atoms with Crippen LogP contribution in [0.2, 0.25) is 0 Å². The summed E-state index contributed by atoms with van der Waals surface area (Å²) in [6.07, 6.45) is 0.563. The zero-order chi connectivity index (χ0) is 22.9. The number of hydrogen-bond donors (Lipinski definition) is 4. The van der Waals surface area contributed by atoms with Crippen LogP contribution < -0.4 is 16.0 Å². The fourth-order valence-corrected chi connectivity index (χ4v) is 4.06. The SMILES string of the molecule is CC[C@@H](NC1=C(Nc2cccc(S(=O)(=O)N(C)C)c2O)C(=O)NC1=O)c1ccc(C)o1. The van der Waals surface area contributed by atoms with Crippen molar-refractivity contribution in [2.45, 2.75) is 31.2 Å². The average molecular weight is 449 g/mol. The molecule has 0 saturated heterocycles. The molecule has 31 heavy (non-hydrogen) atoms. The minimum Gasteiger partial charge on any atom is -0.504 e. The Morgan fingerprint density at radius 1 is 1.13 bits per heavy atom. The van der Waals surface area contributed by atoms with E-state index in [1.54, 1.807) is 19.1 Å². The number of amides is 2. The highest BCUT2D eigenvalue weighted by Crippen LogP contribution is 2.34. The lowest BCUT2D eigenvalue weighted by Crippen LogP contribution is -2.29. The number of carbonyl (C=O) groups is 2. The molecule has 11 heteroatoms. The molecule has 2 aromatic rings. The molecule has 0 aliphatic carbocycles. The smallest absolute Gasteiger partial charge is 0.276 e. The lowest BCUT2D eigenvalue weighted by molar-refractivity contribution is -0.124. The van der Waals surface area contributed by atoms with Crippen LogP contribution in [0.5, 0.6) is 5.75 Å². The van der Waals surface area contributed by atoms with Crippen LogP contribution in [0.1, 0.15) is 30.9 Å². The molecule has 1 aliphatic rings. The highest BCUT2D eigenvalue weighted by atomic mass is 32.2. The second-order valence-corrected chi connectivity index (χ2v) is 9.27. The number of aromatic hydroxyl groups is 1. The summed E-state index contributed by atoms with van der Waals surface area (Å²) in [5.74, 6) is -0.618. The van der Waals surface area contributed by atoms with Crippen molar-refractivity contribution in [2.75, 3.05) is 19.4 Å². The van der Waals surface area contributed by atoms with E-state index in [0.717, 1.165) is 4.31 Å². The van der Waals surface area contributed by atoms with Gasteiger partial charge in [0.2, 0.25) is 10.0 Å². The highest BCUT2D eigenvalue weighted by Gasteiger charge is 2.33. The van der Waals surface area contributed by atoms with Crippen LogP contribution in [0, 0.1) is 6.92 Å². The van der Waals surface area contributed by atoms with Crippen LogP contribution in [0.3, 0.4) is 0 Å². The summed E-state index contributed by atoms with van der Waals surface area (Å²) >= 11 is 0. The van der Waals surface area contributed by atoms with E-state index in [0.29, 0.717) is 17.9 Å². The predicted octanol–water partition coefficient (Wildman–Crippen LogP) is 1.56. The van der Waals surface area contributed by atoms with Gasteiger partial charge in [0.1, 0.15) is 27.8 Å². The number of nitrogens with one attached hydrogen (secondary N) is 3. The third-order valence-electron chi connectivity index (χ3n) is 4.78. The van der Waals surface area contributed by atoms with Gasteiger partial charge >= 0.3 is 0 Å². The molecular weight excluding hydrogens is 424 g/mol. The normalized spacial score (nSPS) is 15.4. The Hall–Kier alpha value is -3.31. The number of sulfonamides is 1. The molecule has 166 valence electrons. The highest BCUT2D eigenvalue weighted by molar-refractivity contribution is 7.89. The molecule has 0 saturated carbocycles. The number of phenolic OH excluding ortho intramolecular Hbond substituents is 1. The number of nitrogens with zero attached hydrogens (tertiary/aromatic N) is 1. The van der Waals surface area contributed by atoms with Gasteiger partial charge in [0.15, 0.2) is 5.75 Å². The molecule has 0 bridgehead atoms. The standard InChI is InChI=1S/C20H24N4O6S/c1-5-12(14-10-9-11(2)30-14)21-16-17(20(27)23-19(16)26)22-13-7-6-8-15(18(13)25)31(28,29)24(3)4/h6-10,12,25H,5H2,1-4H3,(H3,21,22,23,26,27)/t12-/m1/s1. The number of anilines is 1. The zero-order valence-corrected chi connectivity index (χ0v) is 18.3. The minimum atomic E-state index is -3.93. The summed E-state index contributed by atoms with van der Waals surface area (Å²) < 4.78 is 31.5. The van der Waals surface area contributed by atoms with Gasteiger partial charge in [-0.25, -0.2) is 12.7 Å². The Labute approximate surface area is 180 Å². The second-order valence-electron chi connectivity index (χ2n) is 7.15. The van der Waals surface area contributed by atoms with Crippen molar-refractivity contribution in [3.63, 3.8) is 0 Å². The van der Waals surface area contributed by atoms with E-state index in [4.69, 9.17) is 4.42 Å². The monoisotopic (exact) mass is 448 g/mol. The van der Waals surface area contributed by atoms with Crippen molar-refractivity contribution in [2.24, 2.45) is 0 Å². The Morgan fingerprint density at radius 3 is 2.39 bits per heavy atom. The molecule has 1 aliphatic heterocycles. The Morgan fingerprint density at radius 2 is 1.81 bits per heavy atom. The van der Waals surface area contributed by atoms with E-state index in [2.05, 4.69) is 16.0 Å². The number of phenols is 1. The maximum absolute atomic E-state index is 12.4. The maximum Gasteiger partial charge on any atom is 0.276 e. The summed E-state index contributed by atoms with van der Waals surface area (Å²) in [4.78, 5) is 24.4. The summed E-state index contributed by atoms with van der Waals surface area (Å²) in [6, 6.07) is 7.25. The largest absolute Gasteiger partial charge is 0.504 e. The van der Waals surface area contributed by atoms with Gasteiger partial charge in [0, 0.05) is 14.1 Å². The molecule has 2 amide bonds. The molecule has 1 aromatic carbocycles. The number of furan rings is 1. The molecule has 0 unspecified atom stereocenters. The van der Waals surface area contributed by atoms with E-state index in [-0.39, 0.29) is 28.0 Å². The fourth-order valence-electron chi connectivity index (χ4n) is 3.06. The number of carbonyl (C=O) groups excluding carboxylic acids is 2. The minimum absolute atomic E-state index is 0.0360. The van der Waals surface area contributed by atoms with Gasteiger partial charge in [-0.1, -0.05) is 13.0 Å². The number of para-hydroxylation sites is 1. The van der Waals surface area contributed by atoms with Gasteiger partial charge in [-0.15, -0.1) is 0 Å². The first-order chi connectivity index (χ1) is 14.6. The number of aryl methyl sites for hydroxylation is 1. The maximum atomic E-state index is 12.4. The third kappa shape index (κ3) is 4.28. The van der Waals surface area contributed by atoms with E-state index in [1.807, 2.05) is 6.92 Å². The fraction of sp³-hybridized carbons (Fsp3) is 0.300. The average Bonchev–Trinajstić information content (AvgIpc) is 3.24. The van der Waals surface area contributed by atoms with Crippen LogP contribution in [0.15, 0.2) is 51.0 Å². The Kier molecular flexibility index (Phi) is 6.09. The summed E-state index contributed by atoms with van der Waals surface area (Å²) in [5.41, 5.74) is -0.212. The molecule has 1 atom stereocenters. The van der Waals surface area contributed by atoms with Gasteiger partial charge in [-0.3, -0.25) is 14.9 Å². The number of rotatable bonds is 8. The summed E-state index contributed by atoms with van der Waals surface area (Å²) in [7, 11) is -1.25. The molecule has 3 rings (SSSR count). The van der Waals surface area contributed by atoms with E-state index in [9.17, 15) is 23.1 Å². The summed E-state index contributed by atoms with van der Waals surface area (Å²) in [6.45, 7) is 3.69. The van der Waals surface area contributed by atoms with Crippen molar-refractivity contribution in [3.8, 4) is 5.75 Å². The van der Waals surface area contributed by atoms with Crippen molar-refractivity contribution in [1.82, 2.24) is 14.9 Å². The first kappa shape index (κ1) is 22.4. The number of hydrogen-bond acceptors (Lipinski definition) is 8. The van der Waals surface area contributed by atoms with Crippen LogP contribution in [0.25, 0.3) is 0 Å². The molecule has 4 N–H and O–H groups in total. The van der Waals surface area contributed by atoms with Crippen molar-refractivity contribution in [1.29, 1.82) is 0 Å². The van der Waals surface area contributed by atoms with E-state index in [1.165, 1.54) is 32.3 Å². The molecule has 10 nitrogen and oxygen atoms in total. The first-order valence-corrected chi connectivity index (χ1v) is 10.9. The summed E-state index contributed by atoms with van der Waals surface area (Å²) in [5, 5.41) is 18.4. The van der Waals surface area contributed by atoms with Gasteiger partial charge in [-0.05, 0) is 37.6 Å². The van der Waals surface area contributed by atoms with Gasteiger partial charge in [-0.2, -0.15) is 0 Å². The van der Waals surface area contributed by atoms with E-state index >= 15 is 0 Å². The molecule has 0 radical (unpaired) electrons. The number of imide groups is 1. The van der Waals surface area contributed by atoms with Gasteiger partial charge in [0.05, 0.1) is 11.7 Å². The molecule has 0 fully saturated rings. The van der Waals surface area contributed by atoms with Crippen molar-refractivity contribution < 1.29 is 27.5 Å². The zero-order valence-electron chi connectivity index (χ0n) is 17.5. The number of benzene rings is 1. The molecule has 2 heterocycles. The van der Waals surface area contributed by atoms with Crippen molar-refractivity contribution in [3.05, 3.63) is 53.2 Å². The predicted molar refractivity (Wildman–Crippen MR) is 112 cm³/mol. The lowest BCUT2D eigenvalue weighted by Gasteiger charge is -2.18. The third-order valence-corrected chi connectivity index (χ3v) is 6.63. The van der Waals surface area contributed by atoms with Gasteiger partial charge in [0.25, 0.3) is 11.8 Å². The molecule has 0 spiro atoms. The topological polar surface area (TPSA) is 141 Å². The van der Waals surface area contributed by atoms with Crippen LogP contribution >= 0.6 is 0 Å². The molecule has 1 aromatic heterocycles. The quantitative estimate of drug-likeness (QED) is 0.352. The van der Waals surface area contributed by atoms with E-state index < -0.39 is 27.6 Å². The van der Waals surface area contributed by atoms with Crippen molar-refractivity contribution >= 4 is 27.5 Å². The Balaban J connectivity index is 1.99. The second kappa shape index (κ2) is 8.44. The van der Waals surface area contributed by atoms with Crippen LogP contribution in [-0.2, 0) is 19.6 Å². The van der Waals surface area contributed by atoms with Gasteiger partial charge < -0.3 is 20.2 Å². The van der Waals surface area contributed by atoms with Crippen LogP contribution in [-0.4, -0.2) is 43.7 Å². The molecular formula is C20H24N4O6S. The first-order valence-electron chi connectivity index (χ1n) is 9.50. The lowest BCUT2D eigenvalue weighted by atomic mass is 10.1. The Bertz CT molecular complexity index is 1170.